The lowest BCUT2D eigenvalue weighted by Gasteiger charge is -2.29. The second-order valence-corrected chi connectivity index (χ2v) is 2.70. The van der Waals surface area contributed by atoms with E-state index in [1.165, 1.54) is 19.5 Å². The molecule has 0 aromatic rings. The number of likely N-dealkylation sites (N-methyl/N-ethyl adjacent to an activating group) is 1. The summed E-state index contributed by atoms with van der Waals surface area (Å²) in [6, 6.07) is 0.782. The second-order valence-electron chi connectivity index (χ2n) is 2.70. The molecule has 0 aliphatic carbocycles. The molecule has 1 heterocycles. The predicted octanol–water partition coefficient (Wildman–Crippen LogP) is -0.0901. The van der Waals surface area contributed by atoms with E-state index in [2.05, 4.69) is 24.3 Å². The van der Waals surface area contributed by atoms with E-state index in [1.54, 1.807) is 0 Å². The minimum atomic E-state index is 0.782. The molecule has 0 unspecified atom stereocenters. The molecule has 8 heavy (non-hydrogen) atoms. The van der Waals surface area contributed by atoms with Crippen molar-refractivity contribution in [1.82, 2.24) is 10.2 Å². The number of nitrogens with one attached hydrogen (secondary N) is 1. The van der Waals surface area contributed by atoms with Gasteiger partial charge in [-0.15, -0.1) is 0 Å². The van der Waals surface area contributed by atoms with Crippen molar-refractivity contribution in [2.45, 2.75) is 12.5 Å². The van der Waals surface area contributed by atoms with Crippen molar-refractivity contribution in [2.75, 3.05) is 27.2 Å². The maximum absolute atomic E-state index is 3.34. The number of hydrogen-bond donors (Lipinski definition) is 1. The average molecular weight is 114 g/mol. The minimum Gasteiger partial charge on any atom is -0.313 e. The average Bonchev–Trinajstić information content (AvgIpc) is 1.55. The zero-order chi connectivity index (χ0) is 5.98. The fourth-order valence-corrected chi connectivity index (χ4v) is 0.945. The van der Waals surface area contributed by atoms with Crippen molar-refractivity contribution in [3.63, 3.8) is 0 Å². The molecule has 1 fully saturated rings. The highest BCUT2D eigenvalue weighted by Crippen LogP contribution is 2.01. The molecule has 0 amide bonds. The van der Waals surface area contributed by atoms with Crippen molar-refractivity contribution in [2.24, 2.45) is 0 Å². The molecule has 1 atom stereocenters. The smallest absolute Gasteiger partial charge is 0.0206 e. The van der Waals surface area contributed by atoms with Crippen LogP contribution in [0.25, 0.3) is 0 Å². The topological polar surface area (TPSA) is 15.3 Å². The van der Waals surface area contributed by atoms with Crippen molar-refractivity contribution in [3.05, 3.63) is 0 Å². The fraction of sp³-hybridized carbons (Fsp3) is 1.00. The van der Waals surface area contributed by atoms with Crippen LogP contribution in [-0.2, 0) is 0 Å². The first kappa shape index (κ1) is 6.05. The molecule has 0 aromatic carbocycles. The summed E-state index contributed by atoms with van der Waals surface area (Å²) in [6.45, 7) is 2.42. The van der Waals surface area contributed by atoms with E-state index in [9.17, 15) is 0 Å². The number of hydrogen-bond acceptors (Lipinski definition) is 2. The molecule has 2 nitrogen and oxygen atoms in total. The summed E-state index contributed by atoms with van der Waals surface area (Å²) in [7, 11) is 4.22. The largest absolute Gasteiger partial charge is 0.313 e. The molecule has 1 N–H and O–H groups in total. The van der Waals surface area contributed by atoms with Gasteiger partial charge in [0, 0.05) is 12.6 Å². The summed E-state index contributed by atoms with van der Waals surface area (Å²) in [4.78, 5) is 2.22. The van der Waals surface area contributed by atoms with Gasteiger partial charge in [-0.25, -0.2) is 0 Å². The van der Waals surface area contributed by atoms with Gasteiger partial charge in [0.05, 0.1) is 0 Å². The quantitative estimate of drug-likeness (QED) is 0.539. The third-order valence-corrected chi connectivity index (χ3v) is 1.51. The number of nitrogens with zero attached hydrogens (tertiary/aromatic N) is 1. The van der Waals surface area contributed by atoms with Gasteiger partial charge in [0.25, 0.3) is 0 Å². The van der Waals surface area contributed by atoms with E-state index in [-0.39, 0.29) is 0 Å². The predicted molar refractivity (Wildman–Crippen MR) is 35.0 cm³/mol. The maximum atomic E-state index is 3.34. The van der Waals surface area contributed by atoms with Crippen molar-refractivity contribution >= 4 is 0 Å². The van der Waals surface area contributed by atoms with E-state index in [0.29, 0.717) is 0 Å². The van der Waals surface area contributed by atoms with Crippen LogP contribution < -0.4 is 5.32 Å². The van der Waals surface area contributed by atoms with Gasteiger partial charge in [0.2, 0.25) is 0 Å². The molecule has 0 aromatic heterocycles. The Balaban J connectivity index is 2.01. The molecule has 0 saturated carbocycles. The van der Waals surface area contributed by atoms with E-state index in [0.717, 1.165) is 6.04 Å². The van der Waals surface area contributed by atoms with Crippen LogP contribution in [0.1, 0.15) is 6.42 Å². The minimum absolute atomic E-state index is 0.782. The number of rotatable bonds is 2. The Morgan fingerprint density at radius 3 is 2.38 bits per heavy atom. The molecule has 2 heteroatoms. The molecule has 1 rings (SSSR count). The van der Waals surface area contributed by atoms with Crippen LogP contribution in [0, 0.1) is 0 Å². The van der Waals surface area contributed by atoms with Gasteiger partial charge in [-0.3, -0.25) is 0 Å². The van der Waals surface area contributed by atoms with Gasteiger partial charge in [0.15, 0.2) is 0 Å². The summed E-state index contributed by atoms with van der Waals surface area (Å²) in [5.74, 6) is 0. The van der Waals surface area contributed by atoms with Crippen molar-refractivity contribution in [3.8, 4) is 0 Å². The van der Waals surface area contributed by atoms with Crippen LogP contribution in [-0.4, -0.2) is 38.1 Å². The Morgan fingerprint density at radius 1 is 1.62 bits per heavy atom. The SMILES string of the molecule is CN(C)C[C@H]1CCN1. The van der Waals surface area contributed by atoms with Gasteiger partial charge in [-0.1, -0.05) is 0 Å². The van der Waals surface area contributed by atoms with E-state index in [1.807, 2.05) is 0 Å². The molecule has 0 bridgehead atoms. The monoisotopic (exact) mass is 114 g/mol. The van der Waals surface area contributed by atoms with Gasteiger partial charge in [-0.05, 0) is 27.1 Å². The van der Waals surface area contributed by atoms with Gasteiger partial charge < -0.3 is 10.2 Å². The van der Waals surface area contributed by atoms with E-state index < -0.39 is 0 Å². The molecule has 48 valence electrons. The Labute approximate surface area is 50.9 Å². The summed E-state index contributed by atoms with van der Waals surface area (Å²) in [5.41, 5.74) is 0. The second kappa shape index (κ2) is 2.46. The van der Waals surface area contributed by atoms with Crippen molar-refractivity contribution in [1.29, 1.82) is 0 Å². The fourth-order valence-electron chi connectivity index (χ4n) is 0.945. The molecular weight excluding hydrogens is 100 g/mol. The third kappa shape index (κ3) is 1.46. The Morgan fingerprint density at radius 2 is 2.25 bits per heavy atom. The molecule has 0 radical (unpaired) electrons. The Hall–Kier alpha value is -0.0800. The first-order valence-corrected chi connectivity index (χ1v) is 3.17. The van der Waals surface area contributed by atoms with Crippen molar-refractivity contribution < 1.29 is 0 Å². The molecule has 1 saturated heterocycles. The molecular formula is C6H14N2. The van der Waals surface area contributed by atoms with E-state index in [4.69, 9.17) is 0 Å². The zero-order valence-electron chi connectivity index (χ0n) is 5.65. The lowest BCUT2D eigenvalue weighted by atomic mass is 10.1. The van der Waals surface area contributed by atoms with Crippen LogP contribution in [0.2, 0.25) is 0 Å². The summed E-state index contributed by atoms with van der Waals surface area (Å²) in [5, 5.41) is 3.34. The lowest BCUT2D eigenvalue weighted by Crippen LogP contribution is -2.48. The van der Waals surface area contributed by atoms with Crippen LogP contribution >= 0.6 is 0 Å². The standard InChI is InChI=1S/C6H14N2/c1-8(2)5-6-3-4-7-6/h6-7H,3-5H2,1-2H3/t6-/m1/s1. The summed E-state index contributed by atoms with van der Waals surface area (Å²) >= 11 is 0. The first-order chi connectivity index (χ1) is 3.79. The Bertz CT molecular complexity index is 66.9. The Kier molecular flexibility index (Phi) is 1.86. The van der Waals surface area contributed by atoms with E-state index >= 15 is 0 Å². The van der Waals surface area contributed by atoms with Crippen LogP contribution in [0.3, 0.4) is 0 Å². The highest BCUT2D eigenvalue weighted by atomic mass is 15.1. The summed E-state index contributed by atoms with van der Waals surface area (Å²) < 4.78 is 0. The lowest BCUT2D eigenvalue weighted by molar-refractivity contribution is 0.273. The third-order valence-electron chi connectivity index (χ3n) is 1.51. The molecule has 1 aliphatic heterocycles. The summed E-state index contributed by atoms with van der Waals surface area (Å²) in [6.07, 6.45) is 1.36. The van der Waals surface area contributed by atoms with Gasteiger partial charge in [-0.2, -0.15) is 0 Å². The molecule has 1 aliphatic rings. The maximum Gasteiger partial charge on any atom is 0.0206 e. The van der Waals surface area contributed by atoms with Crippen LogP contribution in [0.4, 0.5) is 0 Å². The van der Waals surface area contributed by atoms with Gasteiger partial charge in [0.1, 0.15) is 0 Å². The van der Waals surface area contributed by atoms with Crippen LogP contribution in [0.15, 0.2) is 0 Å². The normalized spacial score (nSPS) is 28.1. The highest BCUT2D eigenvalue weighted by molar-refractivity contribution is 4.78. The first-order valence-electron chi connectivity index (χ1n) is 3.17. The van der Waals surface area contributed by atoms with Crippen LogP contribution in [0.5, 0.6) is 0 Å². The molecule has 0 spiro atoms. The van der Waals surface area contributed by atoms with Gasteiger partial charge >= 0.3 is 0 Å². The highest BCUT2D eigenvalue weighted by Gasteiger charge is 2.15. The zero-order valence-corrected chi connectivity index (χ0v) is 5.65.